The second-order valence-electron chi connectivity index (χ2n) is 11.9. The second-order valence-corrected chi connectivity index (χ2v) is 13.0. The third-order valence-electron chi connectivity index (χ3n) is 7.31. The Bertz CT molecular complexity index is 1520. The number of rotatable bonds is 5. The zero-order valence-corrected chi connectivity index (χ0v) is 25.7. The van der Waals surface area contributed by atoms with Gasteiger partial charge in [0.2, 0.25) is 5.91 Å². The summed E-state index contributed by atoms with van der Waals surface area (Å²) < 4.78 is 0. The maximum Gasteiger partial charge on any atom is 0.324 e. The number of aryl methyl sites for hydroxylation is 1. The largest absolute Gasteiger partial charge is 0.342 e. The van der Waals surface area contributed by atoms with Gasteiger partial charge in [0.25, 0.3) is 5.91 Å². The molecule has 0 unspecified atom stereocenters. The van der Waals surface area contributed by atoms with Gasteiger partial charge >= 0.3 is 6.03 Å². The summed E-state index contributed by atoms with van der Waals surface area (Å²) in [5.41, 5.74) is 2.73. The van der Waals surface area contributed by atoms with E-state index in [0.29, 0.717) is 35.0 Å². The molecule has 0 saturated carbocycles. The Hall–Kier alpha value is -4.05. The van der Waals surface area contributed by atoms with Crippen LogP contribution in [0.1, 0.15) is 72.8 Å². The fraction of sp³-hybridized carbons (Fsp3) is 0.387. The summed E-state index contributed by atoms with van der Waals surface area (Å²) in [7, 11) is 1.74. The fourth-order valence-electron chi connectivity index (χ4n) is 4.76. The number of ketones is 1. The van der Waals surface area contributed by atoms with Crippen molar-refractivity contribution in [2.24, 2.45) is 0 Å². The highest BCUT2D eigenvalue weighted by Crippen LogP contribution is 2.38. The quantitative estimate of drug-likeness (QED) is 0.365. The number of nitrogens with zero attached hydrogens (tertiary/aromatic N) is 3. The maximum absolute atomic E-state index is 13.8. The van der Waals surface area contributed by atoms with Crippen molar-refractivity contribution in [3.8, 4) is 11.1 Å². The summed E-state index contributed by atoms with van der Waals surface area (Å²) in [6.45, 7) is 13.9. The number of pyridine rings is 1. The first kappa shape index (κ1) is 29.9. The zero-order chi connectivity index (χ0) is 30.3. The van der Waals surface area contributed by atoms with Gasteiger partial charge in [-0.25, -0.2) is 4.79 Å². The summed E-state index contributed by atoms with van der Waals surface area (Å²) in [4.78, 5) is 59.9. The lowest BCUT2D eigenvalue weighted by atomic mass is 9.93. The van der Waals surface area contributed by atoms with Crippen molar-refractivity contribution in [2.75, 3.05) is 30.8 Å². The number of benzene rings is 1. The monoisotopic (exact) mass is 575 g/mol. The number of amides is 4. The van der Waals surface area contributed by atoms with E-state index < -0.39 is 11.6 Å². The number of hydrogen-bond acceptors (Lipinski definition) is 6. The molecule has 1 aliphatic rings. The normalized spacial score (nSPS) is 15.1. The van der Waals surface area contributed by atoms with Crippen LogP contribution >= 0.6 is 11.3 Å². The van der Waals surface area contributed by atoms with Gasteiger partial charge in [0.05, 0.1) is 5.56 Å². The number of likely N-dealkylation sites (N-methyl/N-ethyl adjacent to an activating group) is 1. The Balaban J connectivity index is 1.60. The maximum atomic E-state index is 13.8. The topological polar surface area (TPSA) is 112 Å². The molecule has 1 aromatic carbocycles. The molecule has 0 radical (unpaired) electrons. The summed E-state index contributed by atoms with van der Waals surface area (Å²) in [5, 5.41) is 6.19. The molecule has 10 heteroatoms. The Morgan fingerprint density at radius 3 is 2.34 bits per heavy atom. The number of thiophene rings is 1. The number of carbonyl (C=O) groups excluding carboxylic acids is 4. The highest BCUT2D eigenvalue weighted by atomic mass is 32.1. The molecule has 4 rings (SSSR count). The molecule has 1 fully saturated rings. The summed E-state index contributed by atoms with van der Waals surface area (Å²) >= 11 is 1.35. The van der Waals surface area contributed by atoms with Crippen molar-refractivity contribution < 1.29 is 19.2 Å². The predicted molar refractivity (Wildman–Crippen MR) is 163 cm³/mol. The molecule has 2 aromatic heterocycles. The Labute approximate surface area is 245 Å². The molecule has 0 aliphatic carbocycles. The van der Waals surface area contributed by atoms with Gasteiger partial charge in [-0.15, -0.1) is 11.3 Å². The first-order valence-corrected chi connectivity index (χ1v) is 14.3. The van der Waals surface area contributed by atoms with E-state index >= 15 is 0 Å². The Kier molecular flexibility index (Phi) is 8.09. The Morgan fingerprint density at radius 1 is 1.02 bits per heavy atom. The molecule has 2 N–H and O–H groups in total. The number of aromatic nitrogens is 1. The molecule has 9 nitrogen and oxygen atoms in total. The van der Waals surface area contributed by atoms with Gasteiger partial charge in [-0.3, -0.25) is 24.7 Å². The molecule has 216 valence electrons. The molecule has 1 saturated heterocycles. The number of urea groups is 1. The van der Waals surface area contributed by atoms with E-state index in [9.17, 15) is 19.2 Å². The van der Waals surface area contributed by atoms with Crippen molar-refractivity contribution in [2.45, 2.75) is 59.4 Å². The van der Waals surface area contributed by atoms with E-state index in [1.165, 1.54) is 18.3 Å². The first-order valence-electron chi connectivity index (χ1n) is 13.5. The molecule has 3 aromatic rings. The van der Waals surface area contributed by atoms with E-state index in [4.69, 9.17) is 0 Å². The van der Waals surface area contributed by atoms with Crippen LogP contribution < -0.4 is 10.6 Å². The van der Waals surface area contributed by atoms with Gasteiger partial charge in [-0.05, 0) is 61.6 Å². The highest BCUT2D eigenvalue weighted by molar-refractivity contribution is 7.16. The molecule has 4 amide bonds. The summed E-state index contributed by atoms with van der Waals surface area (Å²) in [6.07, 6.45) is 1.64. The van der Waals surface area contributed by atoms with Crippen LogP contribution in [0.5, 0.6) is 0 Å². The number of anilines is 2. The molecule has 1 aliphatic heterocycles. The molecule has 0 bridgehead atoms. The third-order valence-corrected chi connectivity index (χ3v) is 8.78. The van der Waals surface area contributed by atoms with E-state index in [-0.39, 0.29) is 23.0 Å². The van der Waals surface area contributed by atoms with E-state index in [1.807, 2.05) is 52.0 Å². The second kappa shape index (κ2) is 11.1. The van der Waals surface area contributed by atoms with Crippen LogP contribution in [0.4, 0.5) is 15.5 Å². The number of carbonyl (C=O) groups is 4. The molecular weight excluding hydrogens is 538 g/mol. The standard InChI is InChI=1S/C31H37N5O4S/c1-18-9-11-21(15-22(18)20-10-12-24(19(2)37)32-17-20)33-29(40)34-26-23(16-25(41-26)30(3,4)5)27(38)36-14-13-35(8)28(39)31(36,6)7/h9-12,15-17H,13-14H2,1-8H3,(H2,33,34,40). The molecule has 41 heavy (non-hydrogen) atoms. The number of Topliss-reactive ketones (excluding diaryl/α,β-unsaturated/α-hetero) is 1. The van der Waals surface area contributed by atoms with Crippen LogP contribution in [0, 0.1) is 6.92 Å². The Morgan fingerprint density at radius 2 is 1.73 bits per heavy atom. The summed E-state index contributed by atoms with van der Waals surface area (Å²) in [5.74, 6) is -0.529. The molecule has 3 heterocycles. The molecular formula is C31H37N5O4S. The lowest BCUT2D eigenvalue weighted by Crippen LogP contribution is -2.63. The minimum Gasteiger partial charge on any atom is -0.342 e. The molecule has 0 atom stereocenters. The number of nitrogens with one attached hydrogen (secondary N) is 2. The van der Waals surface area contributed by atoms with Crippen molar-refractivity contribution in [3.63, 3.8) is 0 Å². The lowest BCUT2D eigenvalue weighted by Gasteiger charge is -2.44. The van der Waals surface area contributed by atoms with Gasteiger partial charge < -0.3 is 15.1 Å². The van der Waals surface area contributed by atoms with Crippen LogP contribution in [0.2, 0.25) is 0 Å². The van der Waals surface area contributed by atoms with Crippen LogP contribution in [-0.4, -0.2) is 64.1 Å². The number of hydrogen-bond donors (Lipinski definition) is 2. The van der Waals surface area contributed by atoms with Crippen LogP contribution in [-0.2, 0) is 10.2 Å². The van der Waals surface area contributed by atoms with Gasteiger partial charge in [-0.1, -0.05) is 32.9 Å². The first-order chi connectivity index (χ1) is 19.1. The molecule has 0 spiro atoms. The SMILES string of the molecule is CC(=O)c1ccc(-c2cc(NC(=O)Nc3sc(C(C)(C)C)cc3C(=O)N3CCN(C)C(=O)C3(C)C)ccc2C)cn1. The lowest BCUT2D eigenvalue weighted by molar-refractivity contribution is -0.144. The minimum absolute atomic E-state index is 0.107. The fourth-order valence-corrected chi connectivity index (χ4v) is 5.87. The summed E-state index contributed by atoms with van der Waals surface area (Å²) in [6, 6.07) is 10.4. The van der Waals surface area contributed by atoms with Gasteiger partial charge in [0.15, 0.2) is 5.78 Å². The highest BCUT2D eigenvalue weighted by Gasteiger charge is 2.44. The van der Waals surface area contributed by atoms with E-state index in [1.54, 1.807) is 49.0 Å². The van der Waals surface area contributed by atoms with Crippen LogP contribution in [0.25, 0.3) is 11.1 Å². The average molecular weight is 576 g/mol. The number of piperazine rings is 1. The van der Waals surface area contributed by atoms with Gasteiger partial charge in [0.1, 0.15) is 16.2 Å². The van der Waals surface area contributed by atoms with Crippen molar-refractivity contribution in [1.29, 1.82) is 0 Å². The van der Waals surface area contributed by atoms with E-state index in [0.717, 1.165) is 21.6 Å². The van der Waals surface area contributed by atoms with Crippen LogP contribution in [0.3, 0.4) is 0 Å². The van der Waals surface area contributed by atoms with Gasteiger partial charge in [-0.2, -0.15) is 0 Å². The van der Waals surface area contributed by atoms with Crippen molar-refractivity contribution in [3.05, 3.63) is 64.3 Å². The predicted octanol–water partition coefficient (Wildman–Crippen LogP) is 5.96. The van der Waals surface area contributed by atoms with Crippen molar-refractivity contribution in [1.82, 2.24) is 14.8 Å². The zero-order valence-electron chi connectivity index (χ0n) is 24.8. The smallest absolute Gasteiger partial charge is 0.324 e. The van der Waals surface area contributed by atoms with Crippen molar-refractivity contribution >= 4 is 45.7 Å². The average Bonchev–Trinajstić information content (AvgIpc) is 3.32. The van der Waals surface area contributed by atoms with E-state index in [2.05, 4.69) is 15.6 Å². The minimum atomic E-state index is -1.01. The van der Waals surface area contributed by atoms with Crippen LogP contribution in [0.15, 0.2) is 42.6 Å². The van der Waals surface area contributed by atoms with Gasteiger partial charge in [0, 0.05) is 49.4 Å². The third kappa shape index (κ3) is 6.17.